The summed E-state index contributed by atoms with van der Waals surface area (Å²) in [5, 5.41) is 1.12. The Balaban J connectivity index is 1.51. The molecular weight excluding hydrogens is 292 g/mol. The standard InChI is InChI=1S/C17H26N4S/c1-4-12(2)9-22-10-13-7-14(8-13)21(3)17-15-5-6-18-16(15)19-11-20-17/h5-6,11-14H,4,7-10H2,1-3H3,(H,18,19,20). The van der Waals surface area contributed by atoms with E-state index in [0.29, 0.717) is 6.04 Å². The number of nitrogens with one attached hydrogen (secondary N) is 1. The van der Waals surface area contributed by atoms with Gasteiger partial charge in [0.1, 0.15) is 17.8 Å². The van der Waals surface area contributed by atoms with Gasteiger partial charge in [0.05, 0.1) is 5.39 Å². The maximum atomic E-state index is 4.49. The van der Waals surface area contributed by atoms with E-state index in [4.69, 9.17) is 0 Å². The number of fused-ring (bicyclic) bond motifs is 1. The second-order valence-corrected chi connectivity index (χ2v) is 7.67. The second kappa shape index (κ2) is 6.90. The van der Waals surface area contributed by atoms with E-state index >= 15 is 0 Å². The molecule has 2 heterocycles. The lowest BCUT2D eigenvalue weighted by atomic mass is 9.81. The highest BCUT2D eigenvalue weighted by Gasteiger charge is 2.33. The van der Waals surface area contributed by atoms with Crippen LogP contribution in [0.1, 0.15) is 33.1 Å². The van der Waals surface area contributed by atoms with Crippen LogP contribution in [0.15, 0.2) is 18.6 Å². The fraction of sp³-hybridized carbons (Fsp3) is 0.647. The van der Waals surface area contributed by atoms with Crippen LogP contribution >= 0.6 is 11.8 Å². The van der Waals surface area contributed by atoms with Gasteiger partial charge in [-0.25, -0.2) is 9.97 Å². The highest BCUT2D eigenvalue weighted by Crippen LogP contribution is 2.37. The number of rotatable bonds is 7. The van der Waals surface area contributed by atoms with Gasteiger partial charge in [-0.05, 0) is 42.2 Å². The predicted octanol–water partition coefficient (Wildman–Crippen LogP) is 3.95. The van der Waals surface area contributed by atoms with E-state index in [1.165, 1.54) is 30.8 Å². The molecule has 0 radical (unpaired) electrons. The average molecular weight is 318 g/mol. The lowest BCUT2D eigenvalue weighted by Crippen LogP contribution is -2.44. The maximum absolute atomic E-state index is 4.49. The molecule has 1 atom stereocenters. The van der Waals surface area contributed by atoms with Crippen molar-refractivity contribution in [1.82, 2.24) is 15.0 Å². The highest BCUT2D eigenvalue weighted by molar-refractivity contribution is 7.99. The summed E-state index contributed by atoms with van der Waals surface area (Å²) in [6.07, 6.45) is 7.47. The Hall–Kier alpha value is -1.23. The number of H-pyrrole nitrogens is 1. The minimum Gasteiger partial charge on any atom is -0.356 e. The Morgan fingerprint density at radius 2 is 2.23 bits per heavy atom. The average Bonchev–Trinajstić information content (AvgIpc) is 2.96. The van der Waals surface area contributed by atoms with Gasteiger partial charge in [-0.1, -0.05) is 20.3 Å². The van der Waals surface area contributed by atoms with Gasteiger partial charge >= 0.3 is 0 Å². The van der Waals surface area contributed by atoms with E-state index in [2.05, 4.69) is 58.6 Å². The van der Waals surface area contributed by atoms with Crippen LogP contribution in [0, 0.1) is 11.8 Å². The van der Waals surface area contributed by atoms with Crippen LogP contribution in [0.3, 0.4) is 0 Å². The number of thioether (sulfide) groups is 1. The van der Waals surface area contributed by atoms with E-state index in [-0.39, 0.29) is 0 Å². The van der Waals surface area contributed by atoms with E-state index in [1.54, 1.807) is 6.33 Å². The first kappa shape index (κ1) is 15.7. The van der Waals surface area contributed by atoms with Crippen molar-refractivity contribution in [3.63, 3.8) is 0 Å². The number of anilines is 1. The number of hydrogen-bond donors (Lipinski definition) is 1. The van der Waals surface area contributed by atoms with Crippen molar-refractivity contribution in [2.24, 2.45) is 11.8 Å². The number of aromatic nitrogens is 3. The van der Waals surface area contributed by atoms with E-state index in [0.717, 1.165) is 28.7 Å². The molecule has 0 spiro atoms. The van der Waals surface area contributed by atoms with Crippen LogP contribution in [0.5, 0.6) is 0 Å². The van der Waals surface area contributed by atoms with Gasteiger partial charge in [0.25, 0.3) is 0 Å². The summed E-state index contributed by atoms with van der Waals surface area (Å²) >= 11 is 2.13. The van der Waals surface area contributed by atoms with Crippen molar-refractivity contribution in [1.29, 1.82) is 0 Å². The molecular formula is C17H26N4S. The quantitative estimate of drug-likeness (QED) is 0.839. The van der Waals surface area contributed by atoms with Gasteiger partial charge in [-0.2, -0.15) is 11.8 Å². The Morgan fingerprint density at radius 3 is 3.00 bits per heavy atom. The largest absolute Gasteiger partial charge is 0.356 e. The zero-order valence-electron chi connectivity index (χ0n) is 13.7. The molecule has 0 aliphatic heterocycles. The van der Waals surface area contributed by atoms with Gasteiger partial charge in [0.15, 0.2) is 0 Å². The second-order valence-electron chi connectivity index (χ2n) is 6.59. The van der Waals surface area contributed by atoms with Crippen molar-refractivity contribution < 1.29 is 0 Å². The first-order valence-electron chi connectivity index (χ1n) is 8.27. The summed E-state index contributed by atoms with van der Waals surface area (Å²) in [7, 11) is 2.17. The third-order valence-electron chi connectivity index (χ3n) is 4.88. The van der Waals surface area contributed by atoms with Crippen molar-refractivity contribution in [2.75, 3.05) is 23.5 Å². The van der Waals surface area contributed by atoms with E-state index in [1.807, 2.05) is 6.20 Å². The molecule has 1 saturated carbocycles. The SMILES string of the molecule is CCC(C)CSCC1CC(N(C)c2ncnc3[nH]ccc23)C1. The Bertz CT molecular complexity index is 605. The van der Waals surface area contributed by atoms with Gasteiger partial charge in [-0.15, -0.1) is 0 Å². The fourth-order valence-corrected chi connectivity index (χ4v) is 4.40. The molecule has 120 valence electrons. The van der Waals surface area contributed by atoms with Crippen LogP contribution in [0.4, 0.5) is 5.82 Å². The molecule has 2 aromatic rings. The smallest absolute Gasteiger partial charge is 0.142 e. The summed E-state index contributed by atoms with van der Waals surface area (Å²) in [5.41, 5.74) is 0.928. The molecule has 1 fully saturated rings. The fourth-order valence-electron chi connectivity index (χ4n) is 3.02. The molecule has 0 saturated heterocycles. The first-order chi connectivity index (χ1) is 10.7. The number of aromatic amines is 1. The van der Waals surface area contributed by atoms with Crippen LogP contribution < -0.4 is 4.90 Å². The van der Waals surface area contributed by atoms with Crippen molar-refractivity contribution in [3.8, 4) is 0 Å². The molecule has 3 rings (SSSR count). The zero-order chi connectivity index (χ0) is 15.5. The third kappa shape index (κ3) is 3.24. The normalized spacial score (nSPS) is 22.5. The molecule has 5 heteroatoms. The molecule has 0 amide bonds. The van der Waals surface area contributed by atoms with E-state index < -0.39 is 0 Å². The van der Waals surface area contributed by atoms with Crippen molar-refractivity contribution in [3.05, 3.63) is 18.6 Å². The summed E-state index contributed by atoms with van der Waals surface area (Å²) in [6.45, 7) is 4.63. The maximum Gasteiger partial charge on any atom is 0.142 e. The summed E-state index contributed by atoms with van der Waals surface area (Å²) in [5.74, 6) is 5.42. The molecule has 1 aliphatic carbocycles. The molecule has 22 heavy (non-hydrogen) atoms. The summed E-state index contributed by atoms with van der Waals surface area (Å²) in [4.78, 5) is 14.3. The molecule has 1 N–H and O–H groups in total. The minimum atomic E-state index is 0.627. The summed E-state index contributed by atoms with van der Waals surface area (Å²) < 4.78 is 0. The molecule has 4 nitrogen and oxygen atoms in total. The van der Waals surface area contributed by atoms with E-state index in [9.17, 15) is 0 Å². The third-order valence-corrected chi connectivity index (χ3v) is 6.39. The minimum absolute atomic E-state index is 0.627. The van der Waals surface area contributed by atoms with Crippen molar-refractivity contribution >= 4 is 28.6 Å². The van der Waals surface area contributed by atoms with Gasteiger partial charge < -0.3 is 9.88 Å². The molecule has 0 aromatic carbocycles. The number of hydrogen-bond acceptors (Lipinski definition) is 4. The Labute approximate surface area is 137 Å². The monoisotopic (exact) mass is 318 g/mol. The van der Waals surface area contributed by atoms with Gasteiger partial charge in [0.2, 0.25) is 0 Å². The van der Waals surface area contributed by atoms with Gasteiger partial charge in [-0.3, -0.25) is 0 Å². The lowest BCUT2D eigenvalue weighted by Gasteiger charge is -2.42. The van der Waals surface area contributed by atoms with Crippen LogP contribution in [-0.4, -0.2) is 39.5 Å². The summed E-state index contributed by atoms with van der Waals surface area (Å²) in [6, 6.07) is 2.70. The molecule has 2 aromatic heterocycles. The highest BCUT2D eigenvalue weighted by atomic mass is 32.2. The van der Waals surface area contributed by atoms with Gasteiger partial charge in [0, 0.05) is 19.3 Å². The Kier molecular flexibility index (Phi) is 4.91. The lowest BCUT2D eigenvalue weighted by molar-refractivity contribution is 0.285. The zero-order valence-corrected chi connectivity index (χ0v) is 14.6. The van der Waals surface area contributed by atoms with Crippen LogP contribution in [-0.2, 0) is 0 Å². The predicted molar refractivity (Wildman–Crippen MR) is 95.6 cm³/mol. The topological polar surface area (TPSA) is 44.8 Å². The Morgan fingerprint density at radius 1 is 1.41 bits per heavy atom. The molecule has 1 unspecified atom stereocenters. The van der Waals surface area contributed by atoms with Crippen LogP contribution in [0.2, 0.25) is 0 Å². The van der Waals surface area contributed by atoms with Crippen molar-refractivity contribution in [2.45, 2.75) is 39.2 Å². The first-order valence-corrected chi connectivity index (χ1v) is 9.43. The van der Waals surface area contributed by atoms with Crippen LogP contribution in [0.25, 0.3) is 11.0 Å². The molecule has 0 bridgehead atoms. The molecule has 1 aliphatic rings. The number of nitrogens with zero attached hydrogens (tertiary/aromatic N) is 3.